The average molecular weight is 281 g/mol. The molecule has 1 aromatic heterocycles. The Morgan fingerprint density at radius 3 is 2.72 bits per heavy atom. The summed E-state index contributed by atoms with van der Waals surface area (Å²) in [5, 5.41) is 0.716. The highest BCUT2D eigenvalue weighted by Gasteiger charge is 2.05. The molecule has 0 radical (unpaired) electrons. The fraction of sp³-hybridized carbons (Fsp3) is 0.231. The zero-order valence-electron chi connectivity index (χ0n) is 10.2. The molecule has 0 aliphatic rings. The lowest BCUT2D eigenvalue weighted by Gasteiger charge is -2.05. The SMILES string of the molecule is Cc1nc(CSc2ccccc2Cl)[nH]c(=O)c1C. The van der Waals surface area contributed by atoms with E-state index in [4.69, 9.17) is 11.6 Å². The number of aromatic nitrogens is 2. The van der Waals surface area contributed by atoms with E-state index in [1.807, 2.05) is 31.2 Å². The highest BCUT2D eigenvalue weighted by Crippen LogP contribution is 2.28. The van der Waals surface area contributed by atoms with Crippen molar-refractivity contribution < 1.29 is 0 Å². The number of hydrogen-bond donors (Lipinski definition) is 1. The summed E-state index contributed by atoms with van der Waals surface area (Å²) in [6.07, 6.45) is 0. The van der Waals surface area contributed by atoms with Crippen LogP contribution in [0.3, 0.4) is 0 Å². The molecule has 0 aliphatic carbocycles. The van der Waals surface area contributed by atoms with E-state index < -0.39 is 0 Å². The quantitative estimate of drug-likeness (QED) is 0.877. The van der Waals surface area contributed by atoms with Gasteiger partial charge in [-0.15, -0.1) is 11.8 Å². The summed E-state index contributed by atoms with van der Waals surface area (Å²) in [7, 11) is 0. The summed E-state index contributed by atoms with van der Waals surface area (Å²) in [5.74, 6) is 1.27. The molecular formula is C13H13ClN2OS. The van der Waals surface area contributed by atoms with Gasteiger partial charge in [0.2, 0.25) is 0 Å². The fourth-order valence-corrected chi connectivity index (χ4v) is 2.59. The number of nitrogens with one attached hydrogen (secondary N) is 1. The molecule has 5 heteroatoms. The van der Waals surface area contributed by atoms with Gasteiger partial charge in [-0.05, 0) is 26.0 Å². The first-order chi connectivity index (χ1) is 8.58. The Labute approximate surface area is 115 Å². The van der Waals surface area contributed by atoms with Crippen molar-refractivity contribution >= 4 is 23.4 Å². The predicted molar refractivity (Wildman–Crippen MR) is 75.3 cm³/mol. The van der Waals surface area contributed by atoms with Gasteiger partial charge < -0.3 is 4.98 Å². The smallest absolute Gasteiger partial charge is 0.254 e. The lowest BCUT2D eigenvalue weighted by molar-refractivity contribution is 0.942. The van der Waals surface area contributed by atoms with E-state index in [0.717, 1.165) is 10.6 Å². The minimum absolute atomic E-state index is 0.0720. The van der Waals surface area contributed by atoms with Gasteiger partial charge in [-0.1, -0.05) is 23.7 Å². The van der Waals surface area contributed by atoms with Crippen molar-refractivity contribution in [1.82, 2.24) is 9.97 Å². The van der Waals surface area contributed by atoms with Crippen LogP contribution in [0.2, 0.25) is 5.02 Å². The molecule has 0 spiro atoms. The van der Waals surface area contributed by atoms with Crippen molar-refractivity contribution in [3.63, 3.8) is 0 Å². The van der Waals surface area contributed by atoms with Gasteiger partial charge >= 0.3 is 0 Å². The molecule has 0 fully saturated rings. The van der Waals surface area contributed by atoms with Crippen LogP contribution in [0.15, 0.2) is 34.0 Å². The Morgan fingerprint density at radius 1 is 1.33 bits per heavy atom. The van der Waals surface area contributed by atoms with Crippen LogP contribution in [0.1, 0.15) is 17.1 Å². The van der Waals surface area contributed by atoms with Gasteiger partial charge in [0.05, 0.1) is 10.8 Å². The van der Waals surface area contributed by atoms with E-state index in [9.17, 15) is 4.79 Å². The summed E-state index contributed by atoms with van der Waals surface area (Å²) in [6, 6.07) is 7.62. The number of aryl methyl sites for hydroxylation is 1. The summed E-state index contributed by atoms with van der Waals surface area (Å²) < 4.78 is 0. The summed E-state index contributed by atoms with van der Waals surface area (Å²) in [5.41, 5.74) is 1.37. The topological polar surface area (TPSA) is 45.8 Å². The second-order valence-corrected chi connectivity index (χ2v) is 5.37. The van der Waals surface area contributed by atoms with Gasteiger partial charge in [0, 0.05) is 16.2 Å². The second kappa shape index (κ2) is 5.59. The first kappa shape index (κ1) is 13.2. The maximum Gasteiger partial charge on any atom is 0.254 e. The number of rotatable bonds is 3. The van der Waals surface area contributed by atoms with Crippen molar-refractivity contribution in [3.8, 4) is 0 Å². The van der Waals surface area contributed by atoms with E-state index in [-0.39, 0.29) is 5.56 Å². The molecule has 0 unspecified atom stereocenters. The molecule has 0 aliphatic heterocycles. The van der Waals surface area contributed by atoms with Crippen LogP contribution in [-0.4, -0.2) is 9.97 Å². The van der Waals surface area contributed by atoms with Crippen LogP contribution < -0.4 is 5.56 Å². The Kier molecular flexibility index (Phi) is 4.09. The van der Waals surface area contributed by atoms with Crippen molar-refractivity contribution in [3.05, 3.63) is 56.7 Å². The number of aromatic amines is 1. The lowest BCUT2D eigenvalue weighted by atomic mass is 10.3. The number of nitrogens with zero attached hydrogens (tertiary/aromatic N) is 1. The van der Waals surface area contributed by atoms with Crippen LogP contribution >= 0.6 is 23.4 Å². The van der Waals surface area contributed by atoms with Gasteiger partial charge in [0.25, 0.3) is 5.56 Å². The minimum Gasteiger partial charge on any atom is -0.310 e. The van der Waals surface area contributed by atoms with E-state index in [1.165, 1.54) is 0 Å². The van der Waals surface area contributed by atoms with Crippen molar-refractivity contribution in [2.24, 2.45) is 0 Å². The van der Waals surface area contributed by atoms with Crippen molar-refractivity contribution in [2.45, 2.75) is 24.5 Å². The highest BCUT2D eigenvalue weighted by molar-refractivity contribution is 7.98. The van der Waals surface area contributed by atoms with Gasteiger partial charge in [0.15, 0.2) is 0 Å². The normalized spacial score (nSPS) is 10.6. The summed E-state index contributed by atoms with van der Waals surface area (Å²) in [4.78, 5) is 19.7. The Bertz CT molecular complexity index is 625. The molecule has 0 bridgehead atoms. The van der Waals surface area contributed by atoms with E-state index in [2.05, 4.69) is 9.97 Å². The molecule has 18 heavy (non-hydrogen) atoms. The Hall–Kier alpha value is -1.26. The van der Waals surface area contributed by atoms with Crippen LogP contribution in [-0.2, 0) is 5.75 Å². The zero-order valence-corrected chi connectivity index (χ0v) is 11.7. The third-order valence-electron chi connectivity index (χ3n) is 2.64. The number of H-pyrrole nitrogens is 1. The number of thioether (sulfide) groups is 1. The van der Waals surface area contributed by atoms with Gasteiger partial charge in [-0.3, -0.25) is 4.79 Å². The molecule has 0 saturated heterocycles. The highest BCUT2D eigenvalue weighted by atomic mass is 35.5. The van der Waals surface area contributed by atoms with Crippen LogP contribution in [0.5, 0.6) is 0 Å². The first-order valence-corrected chi connectivity index (χ1v) is 6.88. The summed E-state index contributed by atoms with van der Waals surface area (Å²) in [6.45, 7) is 3.61. The lowest BCUT2D eigenvalue weighted by Crippen LogP contribution is -2.15. The molecule has 0 atom stereocenters. The summed E-state index contributed by atoms with van der Waals surface area (Å²) >= 11 is 7.62. The van der Waals surface area contributed by atoms with E-state index >= 15 is 0 Å². The Balaban J connectivity index is 2.17. The number of halogens is 1. The van der Waals surface area contributed by atoms with Crippen molar-refractivity contribution in [2.75, 3.05) is 0 Å². The Morgan fingerprint density at radius 2 is 2.06 bits per heavy atom. The average Bonchev–Trinajstić information content (AvgIpc) is 2.35. The van der Waals surface area contributed by atoms with Gasteiger partial charge in [-0.2, -0.15) is 0 Å². The van der Waals surface area contributed by atoms with Crippen LogP contribution in [0.25, 0.3) is 0 Å². The maximum atomic E-state index is 11.6. The zero-order chi connectivity index (χ0) is 13.1. The standard InChI is InChI=1S/C13H13ClN2OS/c1-8-9(2)15-12(16-13(8)17)7-18-11-6-4-3-5-10(11)14/h3-6H,7H2,1-2H3,(H,15,16,17). The molecule has 3 nitrogen and oxygen atoms in total. The molecule has 2 aromatic rings. The molecule has 1 aromatic carbocycles. The third-order valence-corrected chi connectivity index (χ3v) is 4.17. The fourth-order valence-electron chi connectivity index (χ4n) is 1.48. The second-order valence-electron chi connectivity index (χ2n) is 3.94. The third kappa shape index (κ3) is 2.94. The van der Waals surface area contributed by atoms with Gasteiger partial charge in [-0.25, -0.2) is 4.98 Å². The molecule has 2 rings (SSSR count). The number of benzene rings is 1. The van der Waals surface area contributed by atoms with Crippen LogP contribution in [0.4, 0.5) is 0 Å². The predicted octanol–water partition coefficient (Wildman–Crippen LogP) is 3.33. The van der Waals surface area contributed by atoms with E-state index in [1.54, 1.807) is 18.7 Å². The van der Waals surface area contributed by atoms with Crippen molar-refractivity contribution in [1.29, 1.82) is 0 Å². The molecule has 0 saturated carbocycles. The first-order valence-electron chi connectivity index (χ1n) is 5.51. The maximum absolute atomic E-state index is 11.6. The monoisotopic (exact) mass is 280 g/mol. The van der Waals surface area contributed by atoms with Gasteiger partial charge in [0.1, 0.15) is 5.82 Å². The minimum atomic E-state index is -0.0720. The number of hydrogen-bond acceptors (Lipinski definition) is 3. The molecule has 1 N–H and O–H groups in total. The molecule has 1 heterocycles. The molecule has 0 amide bonds. The van der Waals surface area contributed by atoms with Crippen LogP contribution in [0, 0.1) is 13.8 Å². The van der Waals surface area contributed by atoms with E-state index in [0.29, 0.717) is 22.2 Å². The molecule has 94 valence electrons. The molecular weight excluding hydrogens is 268 g/mol. The largest absolute Gasteiger partial charge is 0.310 e.